The van der Waals surface area contributed by atoms with E-state index in [0.717, 1.165) is 121 Å². The number of fused-ring (bicyclic) bond motifs is 4. The lowest BCUT2D eigenvalue weighted by Crippen LogP contribution is -2.38. The molecule has 12 heterocycles. The van der Waals surface area contributed by atoms with E-state index in [1.165, 1.54) is 32.1 Å². The van der Waals surface area contributed by atoms with E-state index in [4.69, 9.17) is 21.0 Å². The Labute approximate surface area is 754 Å². The van der Waals surface area contributed by atoms with Gasteiger partial charge in [-0.05, 0) is 235 Å². The molecule has 656 valence electrons. The molecule has 4 amide bonds. The number of anilines is 6. The fourth-order valence-corrected chi connectivity index (χ4v) is 16.3. The number of likely N-dealkylation sites (tertiary alicyclic amines) is 2. The Morgan fingerprint density at radius 2 is 0.598 bits per heavy atom. The van der Waals surface area contributed by atoms with Gasteiger partial charge in [0.15, 0.2) is 22.8 Å². The molecule has 16 aromatic rings. The van der Waals surface area contributed by atoms with Crippen LogP contribution in [0, 0.1) is 45.3 Å². The number of nitriles is 4. The molecule has 132 heavy (non-hydrogen) atoms. The van der Waals surface area contributed by atoms with Crippen LogP contribution in [0.4, 0.5) is 51.7 Å². The normalized spacial score (nSPS) is 14.5. The minimum absolute atomic E-state index is 0.120. The van der Waals surface area contributed by atoms with Crippen LogP contribution in [0.5, 0.6) is 0 Å². The number of hydrogen-bond acceptors (Lipinski definition) is 20. The summed E-state index contributed by atoms with van der Waals surface area (Å²) in [6.07, 6.45) is 20.2. The molecule has 8 aromatic heterocycles. The summed E-state index contributed by atoms with van der Waals surface area (Å²) < 4.78 is 54.0. The second-order valence-electron chi connectivity index (χ2n) is 32.6. The number of carbonyl (C=O) groups excluding carboxylic acids is 4. The molecule has 4 fully saturated rings. The average Bonchev–Trinajstić information content (AvgIpc) is 1.64. The van der Waals surface area contributed by atoms with Crippen LogP contribution in [-0.4, -0.2) is 158 Å². The number of hydrogen-bond donors (Lipinski definition) is 8. The van der Waals surface area contributed by atoms with Crippen LogP contribution in [0.25, 0.3) is 88.1 Å². The number of halogens is 4. The van der Waals surface area contributed by atoms with Crippen molar-refractivity contribution in [3.8, 4) is 68.8 Å². The van der Waals surface area contributed by atoms with Crippen molar-refractivity contribution in [2.24, 2.45) is 0 Å². The molecule has 20 rings (SSSR count). The van der Waals surface area contributed by atoms with Gasteiger partial charge in [0.1, 0.15) is 0 Å². The third-order valence-corrected chi connectivity index (χ3v) is 23.4. The first-order valence-electron chi connectivity index (χ1n) is 42.9. The lowest BCUT2D eigenvalue weighted by Gasteiger charge is -2.31. The number of aromatic nitrogens is 12. The summed E-state index contributed by atoms with van der Waals surface area (Å²) in [6.45, 7) is 6.04. The van der Waals surface area contributed by atoms with Gasteiger partial charge in [-0.15, -0.1) is 0 Å². The zero-order valence-electron chi connectivity index (χ0n) is 71.1. The predicted molar refractivity (Wildman–Crippen MR) is 496 cm³/mol. The molecule has 32 heteroatoms. The molecule has 8 N–H and O–H groups in total. The lowest BCUT2D eigenvalue weighted by molar-refractivity contribution is -0.0566. The average molecular weight is 1760 g/mol. The molecule has 0 radical (unpaired) electrons. The SMILES string of the molecule is N#Cc1ccc(NC(=O)c2n[nH]c3ccc(-c4cncc(CN5CCC(F)(F)C5)c4)cc23)cc1.N#Cc1ccc(NC(=O)c2n[nH]c3ccc(-c4cncc(CN5CCC(F)(F)CC5)c4)cc23)cc1.N#Cc1ccc(NC(=O)c2n[nH]c3ccc(-c4cncc(N5CCCC5)c4)cc23)cc1.N#Cc1ccc(NC(=O)c2n[nH]c3ccc(-c4cncc(N5CCCCC5)c4)cc23)cc1. The molecule has 4 aliphatic heterocycles. The van der Waals surface area contributed by atoms with Gasteiger partial charge in [0, 0.05) is 182 Å². The van der Waals surface area contributed by atoms with E-state index in [2.05, 4.69) is 116 Å². The van der Waals surface area contributed by atoms with Crippen molar-refractivity contribution >= 4 is 101 Å². The van der Waals surface area contributed by atoms with Crippen molar-refractivity contribution in [1.82, 2.24) is 70.5 Å². The highest BCUT2D eigenvalue weighted by Crippen LogP contribution is 2.37. The van der Waals surface area contributed by atoms with Crippen LogP contribution >= 0.6 is 0 Å². The Morgan fingerprint density at radius 3 is 0.902 bits per heavy atom. The Bertz CT molecular complexity index is 7130. The molecular formula is C100H84F4N24O4. The first-order valence-corrected chi connectivity index (χ1v) is 42.9. The first kappa shape index (κ1) is 87.4. The molecule has 0 bridgehead atoms. The molecule has 4 saturated heterocycles. The molecule has 28 nitrogen and oxygen atoms in total. The number of pyridine rings is 4. The van der Waals surface area contributed by atoms with Gasteiger partial charge in [-0.1, -0.05) is 24.3 Å². The second-order valence-corrected chi connectivity index (χ2v) is 32.6. The molecule has 0 aliphatic carbocycles. The summed E-state index contributed by atoms with van der Waals surface area (Å²) in [5, 5.41) is 78.3. The van der Waals surface area contributed by atoms with Crippen molar-refractivity contribution in [2.45, 2.75) is 76.3 Å². The van der Waals surface area contributed by atoms with Gasteiger partial charge in [0.25, 0.3) is 35.5 Å². The van der Waals surface area contributed by atoms with E-state index in [9.17, 15) is 36.7 Å². The van der Waals surface area contributed by atoms with E-state index in [1.807, 2.05) is 127 Å². The van der Waals surface area contributed by atoms with Crippen LogP contribution in [0.1, 0.15) is 127 Å². The number of nitrogens with zero attached hydrogens (tertiary/aromatic N) is 16. The molecule has 0 spiro atoms. The highest BCUT2D eigenvalue weighted by molar-refractivity contribution is 6.15. The summed E-state index contributed by atoms with van der Waals surface area (Å²) in [4.78, 5) is 77.5. The number of rotatable bonds is 18. The van der Waals surface area contributed by atoms with Gasteiger partial charge in [0.05, 0.1) is 98.9 Å². The monoisotopic (exact) mass is 1760 g/mol. The lowest BCUT2D eigenvalue weighted by atomic mass is 10.0. The number of carbonyl (C=O) groups is 4. The summed E-state index contributed by atoms with van der Waals surface area (Å²) in [6, 6.07) is 66.2. The standard InChI is InChI=1S/C26H22F2N6O.C25H20F2N6O.C25H22N6O.C24H20N6O/c27-26(28)7-9-34(10-8-26)16-18-11-20(15-30-14-18)19-3-6-23-22(12-19)24(33-32-23)25(35)31-21-4-1-17(13-29)2-5-21;26-25(27)7-8-33(15-25)14-17-9-19(13-29-12-17)18-3-6-22-21(10-18)23(32-31-22)24(34)30-20-4-1-16(11-28)2-5-20;26-14-17-4-7-20(8-5-17)28-25(32)24-22-13-18(6-9-23(22)29-30-24)19-12-21(16-27-15-19)31-10-2-1-3-11-31;25-13-16-3-6-19(7-4-16)27-24(31)23-21-12-17(5-8-22(21)28-29-23)18-11-20(15-26-14-18)30-9-1-2-10-30/h1-6,11-12,14-15H,7-10,16H2,(H,31,35)(H,32,33);1-6,9-10,12-13H,7-8,14-15H2,(H,30,34)(H,31,32);4-9,12-13,15-16H,1-3,10-11H2,(H,28,32)(H,29,30);3-8,11-12,14-15H,1-2,9-10H2,(H,27,31)(H,28,29). The summed E-state index contributed by atoms with van der Waals surface area (Å²) >= 11 is 0. The van der Waals surface area contributed by atoms with Crippen molar-refractivity contribution in [3.63, 3.8) is 0 Å². The topological polar surface area (TPSA) is 391 Å². The molecular weight excluding hydrogens is 1680 g/mol. The minimum atomic E-state index is -2.63. The maximum atomic E-state index is 13.5. The van der Waals surface area contributed by atoms with Gasteiger partial charge in [0.2, 0.25) is 0 Å². The fraction of sp³-hybridized carbons (Fsp3) is 0.200. The van der Waals surface area contributed by atoms with Crippen LogP contribution < -0.4 is 31.1 Å². The van der Waals surface area contributed by atoms with Crippen LogP contribution in [0.3, 0.4) is 0 Å². The number of aromatic amines is 4. The fourth-order valence-electron chi connectivity index (χ4n) is 16.3. The third kappa shape index (κ3) is 20.9. The Kier molecular flexibility index (Phi) is 26.0. The first-order chi connectivity index (χ1) is 64.2. The zero-order chi connectivity index (χ0) is 91.2. The largest absolute Gasteiger partial charge is 0.370 e. The summed E-state index contributed by atoms with van der Waals surface area (Å²) in [5.41, 5.74) is 20.0. The smallest absolute Gasteiger partial charge is 0.276 e. The van der Waals surface area contributed by atoms with E-state index in [1.54, 1.807) is 127 Å². The zero-order valence-corrected chi connectivity index (χ0v) is 71.1. The minimum Gasteiger partial charge on any atom is -0.370 e. The number of alkyl halides is 4. The van der Waals surface area contributed by atoms with E-state index in [0.29, 0.717) is 105 Å². The number of amides is 4. The van der Waals surface area contributed by atoms with E-state index in [-0.39, 0.29) is 60.8 Å². The maximum absolute atomic E-state index is 13.5. The van der Waals surface area contributed by atoms with Crippen LogP contribution in [0.15, 0.2) is 244 Å². The van der Waals surface area contributed by atoms with E-state index < -0.39 is 11.8 Å². The van der Waals surface area contributed by atoms with Gasteiger partial charge in [-0.25, -0.2) is 17.6 Å². The Balaban J connectivity index is 0.000000123. The highest BCUT2D eigenvalue weighted by atomic mass is 19.3. The molecule has 8 aromatic carbocycles. The number of piperidine rings is 2. The highest BCUT2D eigenvalue weighted by Gasteiger charge is 2.38. The van der Waals surface area contributed by atoms with Gasteiger partial charge >= 0.3 is 0 Å². The predicted octanol–water partition coefficient (Wildman–Crippen LogP) is 18.7. The summed E-state index contributed by atoms with van der Waals surface area (Å²) in [5.74, 6) is -6.57. The molecule has 0 saturated carbocycles. The molecule has 0 atom stereocenters. The van der Waals surface area contributed by atoms with Gasteiger partial charge in [-0.3, -0.25) is 69.3 Å². The Morgan fingerprint density at radius 1 is 0.318 bits per heavy atom. The second kappa shape index (κ2) is 39.3. The van der Waals surface area contributed by atoms with Crippen molar-refractivity contribution in [3.05, 3.63) is 300 Å². The maximum Gasteiger partial charge on any atom is 0.276 e. The van der Waals surface area contributed by atoms with Gasteiger partial charge < -0.3 is 31.1 Å². The number of H-pyrrole nitrogens is 4. The van der Waals surface area contributed by atoms with Crippen molar-refractivity contribution in [2.75, 3.05) is 83.4 Å². The van der Waals surface area contributed by atoms with Crippen LogP contribution in [-0.2, 0) is 13.1 Å². The Hall–Kier alpha value is -16.7. The van der Waals surface area contributed by atoms with Crippen molar-refractivity contribution in [1.29, 1.82) is 21.0 Å². The molecule has 0 unspecified atom stereocenters. The summed E-state index contributed by atoms with van der Waals surface area (Å²) in [7, 11) is 0. The van der Waals surface area contributed by atoms with Crippen LogP contribution in [0.2, 0.25) is 0 Å². The number of nitrogens with one attached hydrogen (secondary N) is 8. The third-order valence-electron chi connectivity index (χ3n) is 23.4. The van der Waals surface area contributed by atoms with Crippen molar-refractivity contribution < 1.29 is 36.7 Å². The quantitative estimate of drug-likeness (QED) is 0.0370. The number of benzene rings is 8. The van der Waals surface area contributed by atoms with E-state index >= 15 is 0 Å². The molecule has 4 aliphatic rings. The van der Waals surface area contributed by atoms with Gasteiger partial charge in [-0.2, -0.15) is 41.4 Å².